The summed E-state index contributed by atoms with van der Waals surface area (Å²) in [5.41, 5.74) is 0.0675. The van der Waals surface area contributed by atoms with Gasteiger partial charge in [0.2, 0.25) is 10.0 Å². The molecular weight excluding hydrogens is 433 g/mol. The van der Waals surface area contributed by atoms with Gasteiger partial charge in [0.25, 0.3) is 5.91 Å². The second-order valence-electron chi connectivity index (χ2n) is 6.65. The molecule has 0 aliphatic rings. The molecule has 0 spiro atoms. The van der Waals surface area contributed by atoms with Gasteiger partial charge in [-0.15, -0.1) is 0 Å². The van der Waals surface area contributed by atoms with Crippen molar-refractivity contribution in [1.82, 2.24) is 9.62 Å². The van der Waals surface area contributed by atoms with E-state index in [1.54, 1.807) is 36.4 Å². The molecule has 0 aliphatic heterocycles. The van der Waals surface area contributed by atoms with Crippen LogP contribution in [0.3, 0.4) is 0 Å². The monoisotopic (exact) mass is 452 g/mol. The van der Waals surface area contributed by atoms with Crippen molar-refractivity contribution in [1.29, 1.82) is 0 Å². The first-order valence-corrected chi connectivity index (χ1v) is 10.6. The van der Waals surface area contributed by atoms with Crippen molar-refractivity contribution in [3.8, 4) is 0 Å². The number of rotatable bonds is 7. The van der Waals surface area contributed by atoms with Crippen molar-refractivity contribution < 1.29 is 30.8 Å². The summed E-state index contributed by atoms with van der Waals surface area (Å²) in [5, 5.41) is 2.49. The summed E-state index contributed by atoms with van der Waals surface area (Å²) in [7, 11) is -2.64. The number of halogens is 3. The number of nitrogens with zero attached hydrogens (tertiary/aromatic N) is 1. The van der Waals surface area contributed by atoms with Crippen LogP contribution in [0.25, 0.3) is 0 Å². The maximum Gasteiger partial charge on any atom is 0.416 e. The quantitative estimate of drug-likeness (QED) is 0.587. The van der Waals surface area contributed by atoms with Gasteiger partial charge in [-0.1, -0.05) is 12.1 Å². The molecule has 31 heavy (non-hydrogen) atoms. The van der Waals surface area contributed by atoms with E-state index in [0.29, 0.717) is 16.9 Å². The number of furan rings is 1. The van der Waals surface area contributed by atoms with Gasteiger partial charge in [-0.25, -0.2) is 8.42 Å². The highest BCUT2D eigenvalue weighted by molar-refractivity contribution is 7.89. The van der Waals surface area contributed by atoms with E-state index in [2.05, 4.69) is 5.32 Å². The number of alkyl halides is 3. The smallest absolute Gasteiger partial charge is 0.416 e. The van der Waals surface area contributed by atoms with Crippen LogP contribution in [0.2, 0.25) is 0 Å². The Kier molecular flexibility index (Phi) is 6.51. The molecule has 1 amide bonds. The summed E-state index contributed by atoms with van der Waals surface area (Å²) in [6.45, 7) is -0.189. The van der Waals surface area contributed by atoms with E-state index in [0.717, 1.165) is 28.6 Å². The van der Waals surface area contributed by atoms with E-state index in [1.165, 1.54) is 13.3 Å². The largest absolute Gasteiger partial charge is 0.468 e. The Hall–Kier alpha value is -3.11. The van der Waals surface area contributed by atoms with Gasteiger partial charge in [-0.2, -0.15) is 17.5 Å². The fourth-order valence-electron chi connectivity index (χ4n) is 2.88. The number of sulfonamides is 1. The zero-order valence-electron chi connectivity index (χ0n) is 16.4. The molecule has 0 saturated heterocycles. The number of hydrogen-bond acceptors (Lipinski definition) is 4. The molecule has 2 aromatic carbocycles. The minimum absolute atomic E-state index is 0.0713. The molecule has 1 heterocycles. The van der Waals surface area contributed by atoms with Gasteiger partial charge in [0.15, 0.2) is 0 Å². The third-order valence-electron chi connectivity index (χ3n) is 4.53. The molecule has 0 radical (unpaired) electrons. The maximum absolute atomic E-state index is 13.2. The number of nitrogens with one attached hydrogen (secondary N) is 1. The maximum atomic E-state index is 13.2. The zero-order valence-corrected chi connectivity index (χ0v) is 17.2. The Morgan fingerprint density at radius 2 is 1.65 bits per heavy atom. The summed E-state index contributed by atoms with van der Waals surface area (Å²) in [4.78, 5) is 11.4. The first-order valence-electron chi connectivity index (χ1n) is 9.12. The van der Waals surface area contributed by atoms with Crippen LogP contribution in [0.5, 0.6) is 0 Å². The number of hydrogen-bond donors (Lipinski definition) is 1. The molecule has 0 unspecified atom stereocenters. The second-order valence-corrected chi connectivity index (χ2v) is 8.59. The minimum atomic E-state index is -4.57. The lowest BCUT2D eigenvalue weighted by molar-refractivity contribution is -0.137. The van der Waals surface area contributed by atoms with E-state index in [9.17, 15) is 26.4 Å². The topological polar surface area (TPSA) is 79.6 Å². The average molecular weight is 452 g/mol. The Bertz CT molecular complexity index is 1120. The molecule has 164 valence electrons. The molecule has 1 N–H and O–H groups in total. The van der Waals surface area contributed by atoms with Gasteiger partial charge in [0.05, 0.1) is 23.3 Å². The number of amides is 1. The normalized spacial score (nSPS) is 12.2. The van der Waals surface area contributed by atoms with E-state index in [1.807, 2.05) is 0 Å². The summed E-state index contributed by atoms with van der Waals surface area (Å²) in [6.07, 6.45) is -3.17. The second kappa shape index (κ2) is 8.94. The number of carbonyl (C=O) groups excluding carboxylic acids is 1. The van der Waals surface area contributed by atoms with Gasteiger partial charge < -0.3 is 9.73 Å². The first kappa shape index (κ1) is 22.6. The van der Waals surface area contributed by atoms with Crippen LogP contribution in [0.15, 0.2) is 76.2 Å². The summed E-state index contributed by atoms with van der Waals surface area (Å²) in [6, 6.07) is 12.9. The summed E-state index contributed by atoms with van der Waals surface area (Å²) in [5.74, 6) is 0.0915. The highest BCUT2D eigenvalue weighted by Crippen LogP contribution is 2.30. The molecule has 0 bridgehead atoms. The molecule has 3 rings (SSSR count). The number of carbonyl (C=O) groups is 1. The molecule has 0 aliphatic carbocycles. The van der Waals surface area contributed by atoms with Crippen molar-refractivity contribution in [2.45, 2.75) is 24.2 Å². The Balaban J connectivity index is 1.91. The van der Waals surface area contributed by atoms with Crippen LogP contribution in [-0.4, -0.2) is 25.7 Å². The predicted molar refractivity (Wildman–Crippen MR) is 106 cm³/mol. The molecular formula is C21H19F3N2O4S. The number of benzene rings is 2. The summed E-state index contributed by atoms with van der Waals surface area (Å²) < 4.78 is 71.2. The molecule has 1 aromatic heterocycles. The third kappa shape index (κ3) is 5.33. The van der Waals surface area contributed by atoms with E-state index >= 15 is 0 Å². The Labute approximate surface area is 177 Å². The van der Waals surface area contributed by atoms with Gasteiger partial charge in [0.1, 0.15) is 5.76 Å². The van der Waals surface area contributed by atoms with Crippen LogP contribution in [0.4, 0.5) is 13.2 Å². The molecule has 6 nitrogen and oxygen atoms in total. The van der Waals surface area contributed by atoms with Crippen molar-refractivity contribution >= 4 is 15.9 Å². The van der Waals surface area contributed by atoms with Crippen LogP contribution >= 0.6 is 0 Å². The molecule has 0 fully saturated rings. The predicted octanol–water partition coefficient (Wildman–Crippen LogP) is 4.05. The van der Waals surface area contributed by atoms with Crippen LogP contribution in [0, 0.1) is 0 Å². The van der Waals surface area contributed by atoms with Crippen molar-refractivity contribution in [2.24, 2.45) is 0 Å². The van der Waals surface area contributed by atoms with Crippen molar-refractivity contribution in [3.63, 3.8) is 0 Å². The Morgan fingerprint density at radius 3 is 2.16 bits per heavy atom. The van der Waals surface area contributed by atoms with Gasteiger partial charge in [-0.3, -0.25) is 4.79 Å². The van der Waals surface area contributed by atoms with Gasteiger partial charge in [0, 0.05) is 19.2 Å². The lowest BCUT2D eigenvalue weighted by atomic mass is 10.1. The average Bonchev–Trinajstić information content (AvgIpc) is 3.26. The van der Waals surface area contributed by atoms with Gasteiger partial charge >= 0.3 is 6.18 Å². The molecule has 0 saturated carbocycles. The minimum Gasteiger partial charge on any atom is -0.468 e. The van der Waals surface area contributed by atoms with E-state index in [4.69, 9.17) is 4.42 Å². The lowest BCUT2D eigenvalue weighted by Gasteiger charge is -2.22. The first-order chi connectivity index (χ1) is 14.6. The highest BCUT2D eigenvalue weighted by atomic mass is 32.2. The molecule has 10 heteroatoms. The SMILES string of the molecule is CNC(=O)c1ccc(CN(Cc2ccco2)S(=O)(=O)c2ccc(C(F)(F)F)cc2)cc1. The van der Waals surface area contributed by atoms with Crippen LogP contribution in [0.1, 0.15) is 27.2 Å². The highest BCUT2D eigenvalue weighted by Gasteiger charge is 2.32. The zero-order chi connectivity index (χ0) is 22.6. The molecule has 0 atom stereocenters. The molecule has 3 aromatic rings. The lowest BCUT2D eigenvalue weighted by Crippen LogP contribution is -2.30. The Morgan fingerprint density at radius 1 is 1.00 bits per heavy atom. The summed E-state index contributed by atoms with van der Waals surface area (Å²) >= 11 is 0. The third-order valence-corrected chi connectivity index (χ3v) is 6.34. The van der Waals surface area contributed by atoms with E-state index in [-0.39, 0.29) is 23.9 Å². The fourth-order valence-corrected chi connectivity index (χ4v) is 4.27. The van der Waals surface area contributed by atoms with Crippen LogP contribution < -0.4 is 5.32 Å². The van der Waals surface area contributed by atoms with Crippen LogP contribution in [-0.2, 0) is 29.3 Å². The van der Waals surface area contributed by atoms with Crippen molar-refractivity contribution in [3.05, 3.63) is 89.4 Å². The fraction of sp³-hybridized carbons (Fsp3) is 0.190. The van der Waals surface area contributed by atoms with E-state index < -0.39 is 21.8 Å². The standard InChI is InChI=1S/C21H19F3N2O4S/c1-25-20(27)16-6-4-15(5-7-16)13-26(14-18-3-2-12-30-18)31(28,29)19-10-8-17(9-11-19)21(22,23)24/h2-12H,13-14H2,1H3,(H,25,27). The van der Waals surface area contributed by atoms with Gasteiger partial charge in [-0.05, 0) is 54.1 Å². The van der Waals surface area contributed by atoms with Crippen molar-refractivity contribution in [2.75, 3.05) is 7.05 Å².